The van der Waals surface area contributed by atoms with E-state index in [1.165, 1.54) is 0 Å². The Bertz CT molecular complexity index is 336. The molecule has 122 valence electrons. The van der Waals surface area contributed by atoms with Crippen molar-refractivity contribution in [3.63, 3.8) is 0 Å². The smallest absolute Gasteiger partial charge is 0.163 e. The maximum atomic E-state index is 10.3. The Morgan fingerprint density at radius 1 is 1.33 bits per heavy atom. The monoisotopic (exact) mass is 303 g/mol. The van der Waals surface area contributed by atoms with Gasteiger partial charge in [0.2, 0.25) is 0 Å². The fourth-order valence-corrected chi connectivity index (χ4v) is 2.22. The van der Waals surface area contributed by atoms with Crippen LogP contribution in [0.2, 0.25) is 0 Å². The Kier molecular flexibility index (Phi) is 8.60. The summed E-state index contributed by atoms with van der Waals surface area (Å²) in [4.78, 5) is 2.63. The summed E-state index contributed by atoms with van der Waals surface area (Å²) in [5, 5.41) is 23.1. The number of hydrogen-bond acceptors (Lipinski definition) is 6. The molecule has 2 N–H and O–H groups in total. The van der Waals surface area contributed by atoms with E-state index in [-0.39, 0.29) is 25.7 Å². The zero-order chi connectivity index (χ0) is 15.7. The molecule has 0 saturated carbocycles. The van der Waals surface area contributed by atoms with Gasteiger partial charge in [-0.25, -0.2) is 0 Å². The van der Waals surface area contributed by atoms with Gasteiger partial charge >= 0.3 is 0 Å². The van der Waals surface area contributed by atoms with Gasteiger partial charge in [-0.15, -0.1) is 0 Å². The van der Waals surface area contributed by atoms with Crippen LogP contribution in [-0.4, -0.2) is 61.2 Å². The van der Waals surface area contributed by atoms with Crippen LogP contribution in [-0.2, 0) is 14.2 Å². The van der Waals surface area contributed by atoms with E-state index >= 15 is 0 Å². The van der Waals surface area contributed by atoms with Crippen LogP contribution in [0.5, 0.6) is 0 Å². The average Bonchev–Trinajstić information content (AvgIpc) is 2.49. The number of hydrogen-bond donors (Lipinski definition) is 2. The van der Waals surface area contributed by atoms with Gasteiger partial charge in [0, 0.05) is 24.0 Å². The fraction of sp³-hybridized carbons (Fsp3) is 1.00. The van der Waals surface area contributed by atoms with Crippen molar-refractivity contribution in [3.05, 3.63) is 10.4 Å². The molecule has 8 heteroatoms. The van der Waals surface area contributed by atoms with Crippen LogP contribution in [0.25, 0.3) is 10.4 Å². The molecule has 21 heavy (non-hydrogen) atoms. The van der Waals surface area contributed by atoms with Crippen LogP contribution in [0.15, 0.2) is 5.11 Å². The van der Waals surface area contributed by atoms with Gasteiger partial charge in [-0.2, -0.15) is 0 Å². The first-order valence-electron chi connectivity index (χ1n) is 7.34. The molecule has 0 amide bonds. The van der Waals surface area contributed by atoms with Crippen molar-refractivity contribution < 1.29 is 24.4 Å². The number of unbranched alkanes of at least 4 members (excludes halogenated alkanes) is 1. The molecular weight excluding hydrogens is 278 g/mol. The molecule has 0 spiro atoms. The van der Waals surface area contributed by atoms with Crippen molar-refractivity contribution in [1.82, 2.24) is 0 Å². The second-order valence-corrected chi connectivity index (χ2v) is 5.09. The summed E-state index contributed by atoms with van der Waals surface area (Å²) in [7, 11) is 0. The van der Waals surface area contributed by atoms with Gasteiger partial charge in [-0.3, -0.25) is 0 Å². The number of ether oxygens (including phenoxy) is 3. The first-order valence-corrected chi connectivity index (χ1v) is 7.34. The van der Waals surface area contributed by atoms with Gasteiger partial charge in [-0.1, -0.05) is 25.4 Å². The molecule has 1 heterocycles. The van der Waals surface area contributed by atoms with E-state index in [1.54, 1.807) is 6.92 Å². The predicted octanol–water partition coefficient (Wildman–Crippen LogP) is 1.21. The molecule has 1 saturated heterocycles. The molecule has 0 aromatic heterocycles. The van der Waals surface area contributed by atoms with E-state index in [0.717, 1.165) is 12.8 Å². The van der Waals surface area contributed by atoms with E-state index in [2.05, 4.69) is 16.9 Å². The minimum Gasteiger partial charge on any atom is -0.394 e. The Morgan fingerprint density at radius 3 is 2.71 bits per heavy atom. The Morgan fingerprint density at radius 2 is 2.10 bits per heavy atom. The van der Waals surface area contributed by atoms with Crippen molar-refractivity contribution in [1.29, 1.82) is 0 Å². The second kappa shape index (κ2) is 9.94. The fourth-order valence-electron chi connectivity index (χ4n) is 2.22. The molecule has 0 bridgehead atoms. The highest BCUT2D eigenvalue weighted by atomic mass is 16.7. The van der Waals surface area contributed by atoms with Crippen LogP contribution in [0.3, 0.4) is 0 Å². The SMILES string of the molecule is CCCCO[C@@H]1C(CO)O[C@@H](OCCN=[N+]=[N-])[C@@H](C)C1O. The summed E-state index contributed by atoms with van der Waals surface area (Å²) in [5.74, 6) is -0.300. The standard InChI is InChI=1S/C13H25N3O5/c1-3-4-6-19-12-10(8-17)21-13(9(2)11(12)18)20-7-5-15-16-14/h9-13,17-18H,3-8H2,1-2H3/t9-,10?,11?,12+,13+/m0/s1. The number of aliphatic hydroxyl groups excluding tert-OH is 2. The Hall–Kier alpha value is -0.890. The van der Waals surface area contributed by atoms with Crippen molar-refractivity contribution >= 4 is 0 Å². The predicted molar refractivity (Wildman–Crippen MR) is 75.5 cm³/mol. The number of azide groups is 1. The van der Waals surface area contributed by atoms with Crippen molar-refractivity contribution in [2.45, 2.75) is 51.3 Å². The van der Waals surface area contributed by atoms with Crippen molar-refractivity contribution in [2.75, 3.05) is 26.4 Å². The first-order chi connectivity index (χ1) is 10.2. The Labute approximate surface area is 124 Å². The maximum absolute atomic E-state index is 10.3. The van der Waals surface area contributed by atoms with E-state index < -0.39 is 24.6 Å². The van der Waals surface area contributed by atoms with E-state index in [1.807, 2.05) is 0 Å². The summed E-state index contributed by atoms with van der Waals surface area (Å²) < 4.78 is 16.8. The summed E-state index contributed by atoms with van der Waals surface area (Å²) in [5.41, 5.74) is 8.20. The van der Waals surface area contributed by atoms with Gasteiger partial charge < -0.3 is 24.4 Å². The van der Waals surface area contributed by atoms with Gasteiger partial charge in [0.25, 0.3) is 0 Å². The summed E-state index contributed by atoms with van der Waals surface area (Å²) >= 11 is 0. The number of rotatable bonds is 9. The largest absolute Gasteiger partial charge is 0.394 e. The Balaban J connectivity index is 2.55. The summed E-state index contributed by atoms with van der Waals surface area (Å²) in [6.07, 6.45) is -0.740. The van der Waals surface area contributed by atoms with Crippen LogP contribution in [0.1, 0.15) is 26.7 Å². The molecule has 1 aliphatic rings. The van der Waals surface area contributed by atoms with E-state index in [0.29, 0.717) is 6.61 Å². The highest BCUT2D eigenvalue weighted by Crippen LogP contribution is 2.28. The minimum atomic E-state index is -0.780. The van der Waals surface area contributed by atoms with Gasteiger partial charge in [0.1, 0.15) is 12.2 Å². The molecule has 0 radical (unpaired) electrons. The molecule has 2 unspecified atom stereocenters. The van der Waals surface area contributed by atoms with Gasteiger partial charge in [0.15, 0.2) is 6.29 Å². The summed E-state index contributed by atoms with van der Waals surface area (Å²) in [6.45, 7) is 4.51. The van der Waals surface area contributed by atoms with Crippen LogP contribution >= 0.6 is 0 Å². The molecule has 1 aliphatic heterocycles. The number of aliphatic hydroxyl groups is 2. The van der Waals surface area contributed by atoms with Gasteiger partial charge in [-0.05, 0) is 12.0 Å². The molecule has 1 rings (SSSR count). The lowest BCUT2D eigenvalue weighted by atomic mass is 9.92. The van der Waals surface area contributed by atoms with E-state index in [9.17, 15) is 10.2 Å². The third-order valence-corrected chi connectivity index (χ3v) is 3.50. The molecular formula is C13H25N3O5. The molecule has 0 aliphatic carbocycles. The molecule has 8 nitrogen and oxygen atoms in total. The zero-order valence-electron chi connectivity index (χ0n) is 12.6. The van der Waals surface area contributed by atoms with Gasteiger partial charge in [0.05, 0.1) is 19.3 Å². The lowest BCUT2D eigenvalue weighted by Crippen LogP contribution is -2.56. The lowest BCUT2D eigenvalue weighted by molar-refractivity contribution is -0.289. The highest BCUT2D eigenvalue weighted by Gasteiger charge is 2.43. The van der Waals surface area contributed by atoms with Crippen LogP contribution in [0.4, 0.5) is 0 Å². The normalized spacial score (nSPS) is 32.7. The van der Waals surface area contributed by atoms with E-state index in [4.69, 9.17) is 19.7 Å². The zero-order valence-corrected chi connectivity index (χ0v) is 12.6. The average molecular weight is 303 g/mol. The van der Waals surface area contributed by atoms with Crippen LogP contribution < -0.4 is 0 Å². The molecule has 1 fully saturated rings. The molecule has 5 atom stereocenters. The third kappa shape index (κ3) is 5.43. The topological polar surface area (TPSA) is 117 Å². The minimum absolute atomic E-state index is 0.194. The quantitative estimate of drug-likeness (QED) is 0.287. The van der Waals surface area contributed by atoms with Crippen molar-refractivity contribution in [2.24, 2.45) is 11.0 Å². The summed E-state index contributed by atoms with van der Waals surface area (Å²) in [6, 6.07) is 0. The number of nitrogens with zero attached hydrogens (tertiary/aromatic N) is 3. The highest BCUT2D eigenvalue weighted by molar-refractivity contribution is 4.88. The second-order valence-electron chi connectivity index (χ2n) is 5.09. The van der Waals surface area contributed by atoms with Crippen LogP contribution in [0, 0.1) is 5.92 Å². The molecule has 0 aromatic rings. The molecule has 0 aromatic carbocycles. The maximum Gasteiger partial charge on any atom is 0.163 e. The lowest BCUT2D eigenvalue weighted by Gasteiger charge is -2.42. The third-order valence-electron chi connectivity index (χ3n) is 3.50. The van der Waals surface area contributed by atoms with Crippen molar-refractivity contribution in [3.8, 4) is 0 Å². The first kappa shape index (κ1) is 18.2.